The summed E-state index contributed by atoms with van der Waals surface area (Å²) in [4.78, 5) is 24.6. The minimum atomic E-state index is 0.0587. The van der Waals surface area contributed by atoms with Gasteiger partial charge in [-0.15, -0.1) is 16.4 Å². The molecule has 0 saturated carbocycles. The molecule has 6 nitrogen and oxygen atoms in total. The molecule has 0 spiro atoms. The van der Waals surface area contributed by atoms with Gasteiger partial charge in [0.1, 0.15) is 5.82 Å². The molecule has 0 saturated heterocycles. The van der Waals surface area contributed by atoms with Gasteiger partial charge in [-0.05, 0) is 30.5 Å². The number of nitrogens with zero attached hydrogens (tertiary/aromatic N) is 5. The summed E-state index contributed by atoms with van der Waals surface area (Å²) in [6, 6.07) is 11.9. The van der Waals surface area contributed by atoms with E-state index in [2.05, 4.69) is 15.1 Å². The van der Waals surface area contributed by atoms with Crippen LogP contribution in [0.5, 0.6) is 0 Å². The Kier molecular flexibility index (Phi) is 4.60. The van der Waals surface area contributed by atoms with E-state index in [-0.39, 0.29) is 5.91 Å². The first kappa shape index (κ1) is 17.0. The number of amides is 1. The molecule has 132 valence electrons. The smallest absolute Gasteiger partial charge is 0.233 e. The molecular formula is C18H17N5OS2. The van der Waals surface area contributed by atoms with Gasteiger partial charge in [0, 0.05) is 17.3 Å². The highest BCUT2D eigenvalue weighted by molar-refractivity contribution is 7.99. The van der Waals surface area contributed by atoms with Crippen molar-refractivity contribution in [2.24, 2.45) is 0 Å². The number of hydrogen-bond acceptors (Lipinski definition) is 6. The number of rotatable bonds is 5. The Balaban J connectivity index is 1.57. The van der Waals surface area contributed by atoms with E-state index in [1.165, 1.54) is 16.6 Å². The fraction of sp³-hybridized carbons (Fsp3) is 0.222. The number of carbonyl (C=O) groups excluding carboxylic acids is 1. The molecule has 4 rings (SSSR count). The van der Waals surface area contributed by atoms with Crippen molar-refractivity contribution in [3.8, 4) is 0 Å². The van der Waals surface area contributed by atoms with Crippen LogP contribution in [0.1, 0.15) is 10.7 Å². The molecule has 0 N–H and O–H groups in total. The van der Waals surface area contributed by atoms with Crippen LogP contribution in [0.15, 0.2) is 46.9 Å². The Morgan fingerprint density at radius 2 is 2.08 bits per heavy atom. The molecule has 0 aliphatic rings. The molecule has 0 bridgehead atoms. The zero-order valence-electron chi connectivity index (χ0n) is 14.4. The van der Waals surface area contributed by atoms with Crippen LogP contribution >= 0.6 is 23.1 Å². The third-order valence-electron chi connectivity index (χ3n) is 3.98. The molecule has 4 aromatic rings. The lowest BCUT2D eigenvalue weighted by atomic mass is 10.2. The maximum atomic E-state index is 12.5. The zero-order valence-corrected chi connectivity index (χ0v) is 16.0. The van der Waals surface area contributed by atoms with Crippen LogP contribution in [0.25, 0.3) is 16.6 Å². The van der Waals surface area contributed by atoms with Crippen LogP contribution in [-0.4, -0.2) is 43.2 Å². The van der Waals surface area contributed by atoms with Crippen molar-refractivity contribution in [2.75, 3.05) is 12.8 Å². The maximum Gasteiger partial charge on any atom is 0.233 e. The molecule has 0 aliphatic carbocycles. The minimum absolute atomic E-state index is 0.0587. The van der Waals surface area contributed by atoms with Gasteiger partial charge < -0.3 is 4.90 Å². The number of carbonyl (C=O) groups is 1. The molecule has 3 heterocycles. The van der Waals surface area contributed by atoms with E-state index in [0.29, 0.717) is 23.3 Å². The lowest BCUT2D eigenvalue weighted by Crippen LogP contribution is -2.27. The Hall–Kier alpha value is -2.45. The van der Waals surface area contributed by atoms with Crippen molar-refractivity contribution in [2.45, 2.75) is 18.6 Å². The monoisotopic (exact) mass is 383 g/mol. The summed E-state index contributed by atoms with van der Waals surface area (Å²) in [6.45, 7) is 2.48. The van der Waals surface area contributed by atoms with Crippen LogP contribution in [0.3, 0.4) is 0 Å². The average molecular weight is 384 g/mol. The molecule has 0 aliphatic heterocycles. The minimum Gasteiger partial charge on any atom is -0.340 e. The first-order valence-corrected chi connectivity index (χ1v) is 9.99. The van der Waals surface area contributed by atoms with Crippen molar-refractivity contribution in [3.05, 3.63) is 52.5 Å². The normalized spacial score (nSPS) is 11.3. The molecular weight excluding hydrogens is 366 g/mol. The van der Waals surface area contributed by atoms with E-state index in [1.54, 1.807) is 20.8 Å². The van der Waals surface area contributed by atoms with Crippen molar-refractivity contribution in [1.29, 1.82) is 0 Å². The van der Waals surface area contributed by atoms with Gasteiger partial charge in [0.15, 0.2) is 10.8 Å². The van der Waals surface area contributed by atoms with E-state index in [0.717, 1.165) is 16.6 Å². The SMILES string of the molecule is Cc1nc2c3ccccc3nc(SCC(=O)N(C)Cc3cccs3)n2n1. The van der Waals surface area contributed by atoms with Crippen LogP contribution in [0, 0.1) is 6.92 Å². The lowest BCUT2D eigenvalue weighted by Gasteiger charge is -2.16. The Bertz CT molecular complexity index is 1070. The maximum absolute atomic E-state index is 12.5. The molecule has 0 fully saturated rings. The van der Waals surface area contributed by atoms with Gasteiger partial charge in [0.2, 0.25) is 5.91 Å². The number of para-hydroxylation sites is 1. The summed E-state index contributed by atoms with van der Waals surface area (Å²) >= 11 is 3.04. The van der Waals surface area contributed by atoms with Crippen LogP contribution < -0.4 is 0 Å². The number of aryl methyl sites for hydroxylation is 1. The van der Waals surface area contributed by atoms with Gasteiger partial charge in [-0.1, -0.05) is 30.0 Å². The lowest BCUT2D eigenvalue weighted by molar-refractivity contribution is -0.127. The zero-order chi connectivity index (χ0) is 18.1. The van der Waals surface area contributed by atoms with E-state index >= 15 is 0 Å². The molecule has 0 atom stereocenters. The number of thiophene rings is 1. The quantitative estimate of drug-likeness (QED) is 0.390. The van der Waals surface area contributed by atoms with Crippen LogP contribution in [0.4, 0.5) is 0 Å². The Morgan fingerprint density at radius 3 is 2.88 bits per heavy atom. The summed E-state index contributed by atoms with van der Waals surface area (Å²) in [5, 5.41) is 8.10. The number of hydrogen-bond donors (Lipinski definition) is 0. The first-order valence-electron chi connectivity index (χ1n) is 8.13. The van der Waals surface area contributed by atoms with Gasteiger partial charge in [-0.3, -0.25) is 4.79 Å². The average Bonchev–Trinajstić information content (AvgIpc) is 3.28. The Labute approximate surface area is 158 Å². The predicted octanol–water partition coefficient (Wildman–Crippen LogP) is 3.40. The summed E-state index contributed by atoms with van der Waals surface area (Å²) < 4.78 is 1.73. The summed E-state index contributed by atoms with van der Waals surface area (Å²) in [5.41, 5.74) is 1.63. The number of fused-ring (bicyclic) bond motifs is 3. The number of aromatic nitrogens is 4. The van der Waals surface area contributed by atoms with Crippen LogP contribution in [-0.2, 0) is 11.3 Å². The first-order chi connectivity index (χ1) is 12.6. The topological polar surface area (TPSA) is 63.4 Å². The van der Waals surface area contributed by atoms with E-state index in [1.807, 2.05) is 55.7 Å². The van der Waals surface area contributed by atoms with Crippen molar-refractivity contribution < 1.29 is 4.79 Å². The number of benzene rings is 1. The van der Waals surface area contributed by atoms with Crippen molar-refractivity contribution in [3.63, 3.8) is 0 Å². The third-order valence-corrected chi connectivity index (χ3v) is 5.75. The second kappa shape index (κ2) is 7.05. The van der Waals surface area contributed by atoms with Gasteiger partial charge >= 0.3 is 0 Å². The highest BCUT2D eigenvalue weighted by atomic mass is 32.2. The predicted molar refractivity (Wildman–Crippen MR) is 105 cm³/mol. The molecule has 0 radical (unpaired) electrons. The molecule has 8 heteroatoms. The summed E-state index contributed by atoms with van der Waals surface area (Å²) in [6.07, 6.45) is 0. The fourth-order valence-corrected chi connectivity index (χ4v) is 4.33. The highest BCUT2D eigenvalue weighted by Crippen LogP contribution is 2.24. The molecule has 1 aromatic carbocycles. The van der Waals surface area contributed by atoms with Gasteiger partial charge in [-0.25, -0.2) is 9.97 Å². The van der Waals surface area contributed by atoms with Crippen LogP contribution in [0.2, 0.25) is 0 Å². The van der Waals surface area contributed by atoms with Gasteiger partial charge in [0.05, 0.1) is 17.8 Å². The van der Waals surface area contributed by atoms with Crippen molar-refractivity contribution in [1.82, 2.24) is 24.5 Å². The second-order valence-corrected chi connectivity index (χ2v) is 7.90. The summed E-state index contributed by atoms with van der Waals surface area (Å²) in [7, 11) is 1.83. The molecule has 26 heavy (non-hydrogen) atoms. The van der Waals surface area contributed by atoms with E-state index in [4.69, 9.17) is 0 Å². The number of thioether (sulfide) groups is 1. The Morgan fingerprint density at radius 1 is 1.23 bits per heavy atom. The van der Waals surface area contributed by atoms with E-state index in [9.17, 15) is 4.79 Å². The van der Waals surface area contributed by atoms with Gasteiger partial charge in [-0.2, -0.15) is 4.52 Å². The fourth-order valence-electron chi connectivity index (χ4n) is 2.69. The standard InChI is InChI=1S/C18H17N5OS2/c1-12-19-17-14-7-3-4-8-15(14)20-18(23(17)21-12)26-11-16(24)22(2)10-13-6-5-9-25-13/h3-9H,10-11H2,1-2H3. The summed E-state index contributed by atoms with van der Waals surface area (Å²) in [5.74, 6) is 1.05. The van der Waals surface area contributed by atoms with Crippen molar-refractivity contribution >= 4 is 45.6 Å². The molecule has 1 amide bonds. The third kappa shape index (κ3) is 3.30. The highest BCUT2D eigenvalue weighted by Gasteiger charge is 2.15. The van der Waals surface area contributed by atoms with Gasteiger partial charge in [0.25, 0.3) is 0 Å². The molecule has 3 aromatic heterocycles. The second-order valence-electron chi connectivity index (χ2n) is 5.92. The largest absolute Gasteiger partial charge is 0.340 e. The van der Waals surface area contributed by atoms with E-state index < -0.39 is 0 Å². The molecule has 0 unspecified atom stereocenters.